The lowest BCUT2D eigenvalue weighted by atomic mass is 10.1. The zero-order chi connectivity index (χ0) is 19.5. The fourth-order valence-electron chi connectivity index (χ4n) is 2.66. The molecule has 0 bridgehead atoms. The zero-order valence-electron chi connectivity index (χ0n) is 16.3. The second kappa shape index (κ2) is 13.4. The second-order valence-electron chi connectivity index (χ2n) is 5.98. The van der Waals surface area contributed by atoms with E-state index >= 15 is 0 Å². The van der Waals surface area contributed by atoms with Gasteiger partial charge in [-0.3, -0.25) is 4.79 Å². The number of aliphatic imine (C=N–C) groups is 1. The Kier molecular flexibility index (Phi) is 11.6. The minimum Gasteiger partial charge on any atom is -0.357 e. The van der Waals surface area contributed by atoms with Gasteiger partial charge >= 0.3 is 0 Å². The maximum Gasteiger partial charge on any atom is 0.252 e. The van der Waals surface area contributed by atoms with E-state index in [1.54, 1.807) is 24.3 Å². The van der Waals surface area contributed by atoms with Crippen LogP contribution in [0.15, 0.2) is 53.5 Å². The van der Waals surface area contributed by atoms with Crippen LogP contribution < -0.4 is 16.0 Å². The van der Waals surface area contributed by atoms with Gasteiger partial charge in [-0.2, -0.15) is 0 Å². The number of rotatable bonds is 8. The predicted octanol–water partition coefficient (Wildman–Crippen LogP) is 4.01. The number of hydrogen-bond donors (Lipinski definition) is 3. The number of benzene rings is 2. The van der Waals surface area contributed by atoms with Crippen LogP contribution in [-0.4, -0.2) is 31.5 Å². The van der Waals surface area contributed by atoms with Gasteiger partial charge in [-0.05, 0) is 36.6 Å². The Morgan fingerprint density at radius 1 is 0.929 bits per heavy atom. The third-order valence-corrected chi connectivity index (χ3v) is 4.40. The van der Waals surface area contributed by atoms with Crippen molar-refractivity contribution in [1.29, 1.82) is 0 Å². The topological polar surface area (TPSA) is 65.5 Å². The standard InChI is InChI=1S/C21H27ClN4O.HI/c1-3-16-9-5-6-10-17(16)15-26-21(23-4-2)25-14-13-24-20(27)18-11-7-8-12-19(18)22;/h5-12H,3-4,13-15H2,1-2H3,(H,24,27)(H2,23,25,26);1H. The van der Waals surface area contributed by atoms with Crippen molar-refractivity contribution in [1.82, 2.24) is 16.0 Å². The van der Waals surface area contributed by atoms with Crippen molar-refractivity contribution in [3.63, 3.8) is 0 Å². The number of hydrogen-bond acceptors (Lipinski definition) is 2. The van der Waals surface area contributed by atoms with Crippen LogP contribution >= 0.6 is 35.6 Å². The Hall–Kier alpha value is -1.80. The smallest absolute Gasteiger partial charge is 0.252 e. The van der Waals surface area contributed by atoms with E-state index in [0.29, 0.717) is 30.2 Å². The summed E-state index contributed by atoms with van der Waals surface area (Å²) < 4.78 is 0. The van der Waals surface area contributed by atoms with Crippen molar-refractivity contribution in [2.45, 2.75) is 26.8 Å². The van der Waals surface area contributed by atoms with Crippen LogP contribution in [0, 0.1) is 0 Å². The summed E-state index contributed by atoms with van der Waals surface area (Å²) in [5.41, 5.74) is 3.02. The van der Waals surface area contributed by atoms with Gasteiger partial charge in [0.15, 0.2) is 5.96 Å². The Balaban J connectivity index is 0.00000392. The molecule has 0 fully saturated rings. The molecule has 0 aliphatic carbocycles. The van der Waals surface area contributed by atoms with E-state index in [9.17, 15) is 4.79 Å². The molecule has 0 saturated heterocycles. The van der Waals surface area contributed by atoms with Crippen LogP contribution in [0.4, 0.5) is 0 Å². The molecular weight excluding hydrogens is 487 g/mol. The third kappa shape index (κ3) is 7.67. The number of nitrogens with zero attached hydrogens (tertiary/aromatic N) is 1. The van der Waals surface area contributed by atoms with E-state index in [1.807, 2.05) is 13.0 Å². The molecule has 0 atom stereocenters. The van der Waals surface area contributed by atoms with Crippen molar-refractivity contribution in [2.75, 3.05) is 19.6 Å². The molecule has 0 aliphatic heterocycles. The van der Waals surface area contributed by atoms with E-state index in [1.165, 1.54) is 11.1 Å². The molecule has 0 radical (unpaired) electrons. The summed E-state index contributed by atoms with van der Waals surface area (Å²) in [6.45, 7) is 6.60. The maximum atomic E-state index is 12.1. The lowest BCUT2D eigenvalue weighted by molar-refractivity contribution is 0.0954. The molecule has 3 N–H and O–H groups in total. The number of guanidine groups is 1. The number of carbonyl (C=O) groups is 1. The number of nitrogens with one attached hydrogen (secondary N) is 3. The zero-order valence-corrected chi connectivity index (χ0v) is 19.4. The first-order valence-electron chi connectivity index (χ1n) is 9.27. The summed E-state index contributed by atoms with van der Waals surface area (Å²) in [5, 5.41) is 9.78. The fraction of sp³-hybridized carbons (Fsp3) is 0.333. The lowest BCUT2D eigenvalue weighted by Gasteiger charge is -2.13. The van der Waals surface area contributed by atoms with E-state index in [4.69, 9.17) is 11.6 Å². The van der Waals surface area contributed by atoms with Gasteiger partial charge in [0.2, 0.25) is 0 Å². The first kappa shape index (κ1) is 24.2. The van der Waals surface area contributed by atoms with Crippen LogP contribution in [0.2, 0.25) is 5.02 Å². The first-order chi connectivity index (χ1) is 13.2. The van der Waals surface area contributed by atoms with Crippen LogP contribution in [0.3, 0.4) is 0 Å². The SMILES string of the molecule is CCNC(=NCc1ccccc1CC)NCCNC(=O)c1ccccc1Cl.I. The van der Waals surface area contributed by atoms with Gasteiger partial charge in [-0.15, -0.1) is 24.0 Å². The minimum absolute atomic E-state index is 0. The summed E-state index contributed by atoms with van der Waals surface area (Å²) in [5.74, 6) is 0.552. The molecule has 0 unspecified atom stereocenters. The quantitative estimate of drug-likeness (QED) is 0.216. The molecule has 1 amide bonds. The second-order valence-corrected chi connectivity index (χ2v) is 6.39. The molecule has 7 heteroatoms. The fourth-order valence-corrected chi connectivity index (χ4v) is 2.88. The monoisotopic (exact) mass is 514 g/mol. The highest BCUT2D eigenvalue weighted by Gasteiger charge is 2.08. The normalized spacial score (nSPS) is 10.8. The average Bonchev–Trinajstić information content (AvgIpc) is 2.69. The van der Waals surface area contributed by atoms with E-state index in [-0.39, 0.29) is 29.9 Å². The summed E-state index contributed by atoms with van der Waals surface area (Å²) in [7, 11) is 0. The van der Waals surface area contributed by atoms with Crippen LogP contribution in [0.1, 0.15) is 35.3 Å². The van der Waals surface area contributed by atoms with Gasteiger partial charge < -0.3 is 16.0 Å². The van der Waals surface area contributed by atoms with Gasteiger partial charge in [0.25, 0.3) is 5.91 Å². The summed E-state index contributed by atoms with van der Waals surface area (Å²) in [4.78, 5) is 16.8. The highest BCUT2D eigenvalue weighted by Crippen LogP contribution is 2.14. The Labute approximate surface area is 189 Å². The van der Waals surface area contributed by atoms with Crippen LogP contribution in [0.5, 0.6) is 0 Å². The minimum atomic E-state index is -0.179. The molecule has 0 aromatic heterocycles. The molecule has 2 aromatic carbocycles. The van der Waals surface area contributed by atoms with Crippen molar-refractivity contribution >= 4 is 47.4 Å². The Bertz CT molecular complexity index is 783. The maximum absolute atomic E-state index is 12.1. The van der Waals surface area contributed by atoms with E-state index in [2.05, 4.69) is 46.1 Å². The molecule has 5 nitrogen and oxygen atoms in total. The summed E-state index contributed by atoms with van der Waals surface area (Å²) in [6, 6.07) is 15.3. The van der Waals surface area contributed by atoms with Crippen molar-refractivity contribution in [2.24, 2.45) is 4.99 Å². The van der Waals surface area contributed by atoms with Gasteiger partial charge in [-0.25, -0.2) is 4.99 Å². The van der Waals surface area contributed by atoms with E-state index < -0.39 is 0 Å². The third-order valence-electron chi connectivity index (χ3n) is 4.07. The largest absolute Gasteiger partial charge is 0.357 e. The van der Waals surface area contributed by atoms with Gasteiger partial charge in [0.05, 0.1) is 17.1 Å². The van der Waals surface area contributed by atoms with Gasteiger partial charge in [0.1, 0.15) is 0 Å². The predicted molar refractivity (Wildman–Crippen MR) is 128 cm³/mol. The highest BCUT2D eigenvalue weighted by atomic mass is 127. The number of halogens is 2. The average molecular weight is 515 g/mol. The molecule has 0 heterocycles. The summed E-state index contributed by atoms with van der Waals surface area (Å²) >= 11 is 6.04. The molecule has 0 aliphatic rings. The van der Waals surface area contributed by atoms with Gasteiger partial charge in [0, 0.05) is 19.6 Å². The van der Waals surface area contributed by atoms with Crippen LogP contribution in [-0.2, 0) is 13.0 Å². The summed E-state index contributed by atoms with van der Waals surface area (Å²) in [6.07, 6.45) is 0.990. The van der Waals surface area contributed by atoms with Gasteiger partial charge in [-0.1, -0.05) is 54.9 Å². The van der Waals surface area contributed by atoms with Crippen molar-refractivity contribution in [3.8, 4) is 0 Å². The number of aryl methyl sites for hydroxylation is 1. The lowest BCUT2D eigenvalue weighted by Crippen LogP contribution is -2.41. The van der Waals surface area contributed by atoms with Crippen molar-refractivity contribution in [3.05, 3.63) is 70.2 Å². The van der Waals surface area contributed by atoms with E-state index in [0.717, 1.165) is 18.9 Å². The molecule has 2 rings (SSSR count). The highest BCUT2D eigenvalue weighted by molar-refractivity contribution is 14.0. The molecule has 28 heavy (non-hydrogen) atoms. The number of amides is 1. The molecule has 0 spiro atoms. The molecule has 0 saturated carbocycles. The first-order valence-corrected chi connectivity index (χ1v) is 9.65. The molecule has 2 aromatic rings. The number of carbonyl (C=O) groups excluding carboxylic acids is 1. The molecule has 152 valence electrons. The van der Waals surface area contributed by atoms with Crippen molar-refractivity contribution < 1.29 is 4.79 Å². The molecular formula is C21H28ClIN4O. The Morgan fingerprint density at radius 3 is 2.25 bits per heavy atom. The Morgan fingerprint density at radius 2 is 1.57 bits per heavy atom. The van der Waals surface area contributed by atoms with Crippen LogP contribution in [0.25, 0.3) is 0 Å².